The molecule has 0 unspecified atom stereocenters. The van der Waals surface area contributed by atoms with Crippen molar-refractivity contribution in [3.05, 3.63) is 59.2 Å². The Morgan fingerprint density at radius 3 is 2.58 bits per heavy atom. The number of nitriles is 1. The first-order valence-electron chi connectivity index (χ1n) is 7.63. The van der Waals surface area contributed by atoms with Crippen molar-refractivity contribution in [3.63, 3.8) is 0 Å². The summed E-state index contributed by atoms with van der Waals surface area (Å²) in [5, 5.41) is 11.7. The highest BCUT2D eigenvalue weighted by Gasteiger charge is 2.07. The zero-order valence-electron chi connectivity index (χ0n) is 13.8. The van der Waals surface area contributed by atoms with Crippen LogP contribution in [0.25, 0.3) is 0 Å². The van der Waals surface area contributed by atoms with Crippen LogP contribution in [0.4, 0.5) is 0 Å². The van der Waals surface area contributed by atoms with Gasteiger partial charge in [0.05, 0.1) is 25.9 Å². The molecule has 0 heterocycles. The van der Waals surface area contributed by atoms with Gasteiger partial charge in [-0.25, -0.2) is 0 Å². The maximum Gasteiger partial charge on any atom is 0.220 e. The molecule has 0 saturated heterocycles. The van der Waals surface area contributed by atoms with Gasteiger partial charge in [0.2, 0.25) is 5.91 Å². The van der Waals surface area contributed by atoms with E-state index in [0.717, 1.165) is 11.1 Å². The largest absolute Gasteiger partial charge is 0.493 e. The van der Waals surface area contributed by atoms with Crippen LogP contribution in [0.5, 0.6) is 11.5 Å². The lowest BCUT2D eigenvalue weighted by atomic mass is 10.1. The van der Waals surface area contributed by atoms with E-state index in [4.69, 9.17) is 14.7 Å². The Bertz CT molecular complexity index is 751. The van der Waals surface area contributed by atoms with Crippen LogP contribution in [0, 0.1) is 11.3 Å². The minimum absolute atomic E-state index is 0.0351. The molecule has 24 heavy (non-hydrogen) atoms. The van der Waals surface area contributed by atoms with E-state index in [0.29, 0.717) is 36.4 Å². The van der Waals surface area contributed by atoms with Crippen molar-refractivity contribution in [1.29, 1.82) is 5.26 Å². The summed E-state index contributed by atoms with van der Waals surface area (Å²) >= 11 is 0. The van der Waals surface area contributed by atoms with Crippen LogP contribution < -0.4 is 14.8 Å². The zero-order chi connectivity index (χ0) is 17.4. The maximum absolute atomic E-state index is 12.0. The minimum atomic E-state index is -0.0351. The van der Waals surface area contributed by atoms with Crippen LogP contribution >= 0.6 is 0 Å². The number of nitrogens with one attached hydrogen (secondary N) is 1. The Balaban J connectivity index is 1.86. The number of amides is 1. The standard InChI is InChI=1S/C19H20N2O3/c1-23-17-8-6-14(11-18(17)24-2)7-9-19(22)21-13-16-5-3-4-15(10-16)12-20/h3-6,8,10-11H,7,9,13H2,1-2H3,(H,21,22). The summed E-state index contributed by atoms with van der Waals surface area (Å²) in [5.41, 5.74) is 2.51. The number of benzene rings is 2. The number of ether oxygens (including phenoxy) is 2. The monoisotopic (exact) mass is 324 g/mol. The quantitative estimate of drug-likeness (QED) is 0.850. The summed E-state index contributed by atoms with van der Waals surface area (Å²) in [7, 11) is 3.18. The first-order valence-corrected chi connectivity index (χ1v) is 7.63. The van der Waals surface area contributed by atoms with Crippen LogP contribution in [0.3, 0.4) is 0 Å². The van der Waals surface area contributed by atoms with E-state index in [1.54, 1.807) is 26.4 Å². The molecule has 2 rings (SSSR count). The van der Waals surface area contributed by atoms with Crippen LogP contribution in [-0.4, -0.2) is 20.1 Å². The predicted octanol–water partition coefficient (Wildman–Crippen LogP) is 2.82. The number of hydrogen-bond donors (Lipinski definition) is 1. The fourth-order valence-electron chi connectivity index (χ4n) is 2.33. The number of methoxy groups -OCH3 is 2. The topological polar surface area (TPSA) is 71.3 Å². The molecular formula is C19H20N2O3. The van der Waals surface area contributed by atoms with E-state index in [1.807, 2.05) is 30.3 Å². The van der Waals surface area contributed by atoms with Gasteiger partial charge >= 0.3 is 0 Å². The van der Waals surface area contributed by atoms with Gasteiger partial charge in [-0.3, -0.25) is 4.79 Å². The zero-order valence-corrected chi connectivity index (χ0v) is 13.8. The normalized spacial score (nSPS) is 9.88. The number of rotatable bonds is 7. The summed E-state index contributed by atoms with van der Waals surface area (Å²) in [6.07, 6.45) is 0.998. The molecule has 2 aromatic carbocycles. The lowest BCUT2D eigenvalue weighted by Gasteiger charge is -2.10. The van der Waals surface area contributed by atoms with E-state index in [9.17, 15) is 4.79 Å². The molecule has 0 saturated carbocycles. The Morgan fingerprint density at radius 2 is 1.88 bits per heavy atom. The van der Waals surface area contributed by atoms with E-state index < -0.39 is 0 Å². The second-order valence-corrected chi connectivity index (χ2v) is 5.28. The van der Waals surface area contributed by atoms with Crippen LogP contribution in [-0.2, 0) is 17.8 Å². The van der Waals surface area contributed by atoms with E-state index in [-0.39, 0.29) is 5.91 Å². The SMILES string of the molecule is COc1ccc(CCC(=O)NCc2cccc(C#N)c2)cc1OC. The highest BCUT2D eigenvalue weighted by atomic mass is 16.5. The Kier molecular flexibility index (Phi) is 6.21. The van der Waals surface area contributed by atoms with Crippen LogP contribution in [0.2, 0.25) is 0 Å². The third kappa shape index (κ3) is 4.75. The van der Waals surface area contributed by atoms with Gasteiger partial charge in [0.25, 0.3) is 0 Å². The number of hydrogen-bond acceptors (Lipinski definition) is 4. The second-order valence-electron chi connectivity index (χ2n) is 5.28. The first-order chi connectivity index (χ1) is 11.7. The van der Waals surface area contributed by atoms with Crippen LogP contribution in [0.1, 0.15) is 23.1 Å². The van der Waals surface area contributed by atoms with Gasteiger partial charge in [-0.1, -0.05) is 18.2 Å². The van der Waals surface area contributed by atoms with Crippen molar-refractivity contribution in [1.82, 2.24) is 5.32 Å². The third-order valence-electron chi connectivity index (χ3n) is 3.63. The van der Waals surface area contributed by atoms with Crippen molar-refractivity contribution >= 4 is 5.91 Å². The Hall–Kier alpha value is -3.00. The van der Waals surface area contributed by atoms with E-state index in [1.165, 1.54) is 0 Å². The number of carbonyl (C=O) groups is 1. The minimum Gasteiger partial charge on any atom is -0.493 e. The molecule has 124 valence electrons. The smallest absolute Gasteiger partial charge is 0.220 e. The second kappa shape index (κ2) is 8.59. The summed E-state index contributed by atoms with van der Waals surface area (Å²) < 4.78 is 10.5. The molecule has 5 nitrogen and oxygen atoms in total. The van der Waals surface area contributed by atoms with E-state index >= 15 is 0 Å². The van der Waals surface area contributed by atoms with Crippen molar-refractivity contribution in [2.24, 2.45) is 0 Å². The molecule has 0 bridgehead atoms. The molecule has 0 spiro atoms. The van der Waals surface area contributed by atoms with Gasteiger partial charge in [-0.2, -0.15) is 5.26 Å². The summed E-state index contributed by atoms with van der Waals surface area (Å²) in [6, 6.07) is 14.9. The highest BCUT2D eigenvalue weighted by molar-refractivity contribution is 5.76. The Labute approximate surface area is 141 Å². The summed E-state index contributed by atoms with van der Waals surface area (Å²) in [6.45, 7) is 0.417. The van der Waals surface area contributed by atoms with Gasteiger partial charge in [0, 0.05) is 13.0 Å². The van der Waals surface area contributed by atoms with Crippen molar-refractivity contribution < 1.29 is 14.3 Å². The Morgan fingerprint density at radius 1 is 1.08 bits per heavy atom. The fraction of sp³-hybridized carbons (Fsp3) is 0.263. The van der Waals surface area contributed by atoms with Crippen LogP contribution in [0.15, 0.2) is 42.5 Å². The van der Waals surface area contributed by atoms with E-state index in [2.05, 4.69) is 11.4 Å². The molecule has 2 aromatic rings. The number of carbonyl (C=O) groups excluding carboxylic acids is 1. The van der Waals surface area contributed by atoms with Crippen molar-refractivity contribution in [2.75, 3.05) is 14.2 Å². The number of nitrogens with zero attached hydrogens (tertiary/aromatic N) is 1. The average Bonchev–Trinajstić information content (AvgIpc) is 2.64. The summed E-state index contributed by atoms with van der Waals surface area (Å²) in [5.74, 6) is 1.29. The lowest BCUT2D eigenvalue weighted by molar-refractivity contribution is -0.121. The lowest BCUT2D eigenvalue weighted by Crippen LogP contribution is -2.23. The molecule has 0 aliphatic rings. The average molecular weight is 324 g/mol. The van der Waals surface area contributed by atoms with Crippen molar-refractivity contribution in [3.8, 4) is 17.6 Å². The molecule has 0 fully saturated rings. The fourth-order valence-corrected chi connectivity index (χ4v) is 2.33. The van der Waals surface area contributed by atoms with Crippen molar-refractivity contribution in [2.45, 2.75) is 19.4 Å². The predicted molar refractivity (Wildman–Crippen MR) is 90.9 cm³/mol. The molecule has 0 aromatic heterocycles. The molecule has 5 heteroatoms. The van der Waals surface area contributed by atoms with Gasteiger partial charge in [-0.15, -0.1) is 0 Å². The molecular weight excluding hydrogens is 304 g/mol. The molecule has 1 N–H and O–H groups in total. The molecule has 1 amide bonds. The maximum atomic E-state index is 12.0. The highest BCUT2D eigenvalue weighted by Crippen LogP contribution is 2.27. The van der Waals surface area contributed by atoms with Gasteiger partial charge < -0.3 is 14.8 Å². The molecule has 0 radical (unpaired) electrons. The first kappa shape index (κ1) is 17.4. The summed E-state index contributed by atoms with van der Waals surface area (Å²) in [4.78, 5) is 12.0. The molecule has 0 aliphatic heterocycles. The third-order valence-corrected chi connectivity index (χ3v) is 3.63. The number of aryl methyl sites for hydroxylation is 1. The molecule has 0 aliphatic carbocycles. The van der Waals surface area contributed by atoms with Gasteiger partial charge in [-0.05, 0) is 41.8 Å². The van der Waals surface area contributed by atoms with Gasteiger partial charge in [0.15, 0.2) is 11.5 Å². The van der Waals surface area contributed by atoms with Gasteiger partial charge in [0.1, 0.15) is 0 Å². The molecule has 0 atom stereocenters.